The number of aromatic nitrogens is 6. The molecule has 9 nitrogen and oxygen atoms in total. The van der Waals surface area contributed by atoms with Crippen LogP contribution in [0.1, 0.15) is 24.7 Å². The summed E-state index contributed by atoms with van der Waals surface area (Å²) < 4.78 is 8.78. The lowest BCUT2D eigenvalue weighted by molar-refractivity contribution is 0.184. The second-order valence-corrected chi connectivity index (χ2v) is 7.53. The van der Waals surface area contributed by atoms with Crippen LogP contribution in [-0.2, 0) is 18.3 Å². The van der Waals surface area contributed by atoms with Gasteiger partial charge in [-0.3, -0.25) is 14.0 Å². The molecule has 1 unspecified atom stereocenters. The number of benzene rings is 1. The number of methoxy groups -OCH3 is 1. The highest BCUT2D eigenvalue weighted by Crippen LogP contribution is 2.37. The van der Waals surface area contributed by atoms with Crippen molar-refractivity contribution in [3.63, 3.8) is 0 Å². The van der Waals surface area contributed by atoms with Crippen LogP contribution in [-0.4, -0.2) is 49.6 Å². The van der Waals surface area contributed by atoms with Gasteiger partial charge in [0.15, 0.2) is 5.65 Å². The fourth-order valence-electron chi connectivity index (χ4n) is 4.29. The van der Waals surface area contributed by atoms with E-state index in [0.717, 1.165) is 36.4 Å². The molecule has 4 heterocycles. The summed E-state index contributed by atoms with van der Waals surface area (Å²) in [6.45, 7) is 1.73. The van der Waals surface area contributed by atoms with Crippen molar-refractivity contribution < 1.29 is 4.74 Å². The Morgan fingerprint density at radius 1 is 1.20 bits per heavy atom. The number of para-hydroxylation sites is 1. The first-order chi connectivity index (χ1) is 14.7. The van der Waals surface area contributed by atoms with Gasteiger partial charge in [0.2, 0.25) is 0 Å². The van der Waals surface area contributed by atoms with E-state index in [9.17, 15) is 4.79 Å². The predicted molar refractivity (Wildman–Crippen MR) is 114 cm³/mol. The number of fused-ring (bicyclic) bond motifs is 2. The van der Waals surface area contributed by atoms with Crippen LogP contribution < -0.4 is 10.5 Å². The number of aryl methyl sites for hydroxylation is 1. The topological polar surface area (TPSA) is 91.0 Å². The molecule has 9 heteroatoms. The molecule has 1 atom stereocenters. The molecule has 0 bridgehead atoms. The van der Waals surface area contributed by atoms with Crippen molar-refractivity contribution in [1.82, 2.24) is 29.3 Å². The quantitative estimate of drug-likeness (QED) is 0.502. The van der Waals surface area contributed by atoms with E-state index in [4.69, 9.17) is 9.72 Å². The molecule has 4 aromatic rings. The molecule has 0 saturated carbocycles. The minimum atomic E-state index is -0.0579. The Hall–Kier alpha value is -3.33. The summed E-state index contributed by atoms with van der Waals surface area (Å²) in [5.41, 5.74) is 1.34. The Bertz CT molecular complexity index is 1280. The summed E-state index contributed by atoms with van der Waals surface area (Å²) in [7, 11) is 3.52. The van der Waals surface area contributed by atoms with Crippen LogP contribution in [0.4, 0.5) is 5.82 Å². The zero-order chi connectivity index (χ0) is 20.7. The molecule has 154 valence electrons. The summed E-state index contributed by atoms with van der Waals surface area (Å²) in [6.07, 6.45) is 5.37. The molecule has 1 aliphatic rings. The van der Waals surface area contributed by atoms with Crippen LogP contribution >= 0.6 is 0 Å². The molecule has 3 aromatic heterocycles. The van der Waals surface area contributed by atoms with Gasteiger partial charge in [-0.1, -0.05) is 12.1 Å². The Kier molecular flexibility index (Phi) is 4.66. The smallest absolute Gasteiger partial charge is 0.261 e. The van der Waals surface area contributed by atoms with Gasteiger partial charge in [-0.05, 0) is 25.0 Å². The van der Waals surface area contributed by atoms with E-state index < -0.39 is 0 Å². The lowest BCUT2D eigenvalue weighted by Gasteiger charge is -2.27. The molecule has 5 rings (SSSR count). The minimum absolute atomic E-state index is 0.0336. The standard InChI is InChI=1S/C21H23N7O2/c1-26-12-15-18(25-26)22-13-23-19(15)27-9-5-8-17(27)20-24-16-7-4-3-6-14(16)21(29)28(20)10-11-30-2/h3-4,6-7,12-13,17H,5,8-11H2,1-2H3. The molecule has 1 aliphatic heterocycles. The van der Waals surface area contributed by atoms with E-state index in [2.05, 4.69) is 20.0 Å². The van der Waals surface area contributed by atoms with Crippen molar-refractivity contribution in [2.24, 2.45) is 7.05 Å². The molecule has 1 saturated heterocycles. The Morgan fingerprint density at radius 3 is 2.93 bits per heavy atom. The number of nitrogens with zero attached hydrogens (tertiary/aromatic N) is 7. The fourth-order valence-corrected chi connectivity index (χ4v) is 4.29. The van der Waals surface area contributed by atoms with E-state index >= 15 is 0 Å². The van der Waals surface area contributed by atoms with Crippen molar-refractivity contribution in [2.75, 3.05) is 25.2 Å². The minimum Gasteiger partial charge on any atom is -0.383 e. The third kappa shape index (κ3) is 3.02. The van der Waals surface area contributed by atoms with E-state index in [-0.39, 0.29) is 11.6 Å². The third-order valence-electron chi connectivity index (χ3n) is 5.64. The molecule has 1 fully saturated rings. The van der Waals surface area contributed by atoms with Crippen molar-refractivity contribution in [2.45, 2.75) is 25.4 Å². The summed E-state index contributed by atoms with van der Waals surface area (Å²) >= 11 is 0. The highest BCUT2D eigenvalue weighted by Gasteiger charge is 2.32. The first-order valence-electron chi connectivity index (χ1n) is 10.1. The molecular weight excluding hydrogens is 382 g/mol. The van der Waals surface area contributed by atoms with Gasteiger partial charge in [0.05, 0.1) is 35.5 Å². The van der Waals surface area contributed by atoms with Gasteiger partial charge in [0.25, 0.3) is 5.56 Å². The van der Waals surface area contributed by atoms with Gasteiger partial charge in [-0.2, -0.15) is 5.10 Å². The van der Waals surface area contributed by atoms with E-state index in [0.29, 0.717) is 29.7 Å². The summed E-state index contributed by atoms with van der Waals surface area (Å²) in [5.74, 6) is 1.58. The Labute approximate surface area is 172 Å². The van der Waals surface area contributed by atoms with Gasteiger partial charge in [0, 0.05) is 26.9 Å². The second kappa shape index (κ2) is 7.49. The lowest BCUT2D eigenvalue weighted by Crippen LogP contribution is -2.33. The van der Waals surface area contributed by atoms with Crippen molar-refractivity contribution in [3.05, 3.63) is 53.0 Å². The zero-order valence-electron chi connectivity index (χ0n) is 17.0. The highest BCUT2D eigenvalue weighted by molar-refractivity contribution is 5.86. The predicted octanol–water partition coefficient (Wildman–Crippen LogP) is 2.06. The first-order valence-corrected chi connectivity index (χ1v) is 10.1. The Balaban J connectivity index is 1.67. The molecule has 30 heavy (non-hydrogen) atoms. The summed E-state index contributed by atoms with van der Waals surface area (Å²) in [4.78, 5) is 29.3. The zero-order valence-corrected chi connectivity index (χ0v) is 17.0. The summed E-state index contributed by atoms with van der Waals surface area (Å²) in [5, 5.41) is 5.93. The van der Waals surface area contributed by atoms with Crippen LogP contribution in [0, 0.1) is 0 Å². The van der Waals surface area contributed by atoms with Crippen LogP contribution in [0.15, 0.2) is 41.6 Å². The van der Waals surface area contributed by atoms with Crippen LogP contribution in [0.25, 0.3) is 21.9 Å². The highest BCUT2D eigenvalue weighted by atomic mass is 16.5. The normalized spacial score (nSPS) is 16.7. The lowest BCUT2D eigenvalue weighted by atomic mass is 10.1. The first kappa shape index (κ1) is 18.7. The van der Waals surface area contributed by atoms with E-state index in [1.807, 2.05) is 37.5 Å². The van der Waals surface area contributed by atoms with Crippen molar-refractivity contribution in [3.8, 4) is 0 Å². The average Bonchev–Trinajstić information content (AvgIpc) is 3.38. The Morgan fingerprint density at radius 2 is 2.07 bits per heavy atom. The average molecular weight is 405 g/mol. The molecule has 0 spiro atoms. The maximum Gasteiger partial charge on any atom is 0.261 e. The molecule has 0 N–H and O–H groups in total. The van der Waals surface area contributed by atoms with Crippen LogP contribution in [0.5, 0.6) is 0 Å². The number of ether oxygens (including phenoxy) is 1. The number of anilines is 1. The second-order valence-electron chi connectivity index (χ2n) is 7.53. The number of hydrogen-bond donors (Lipinski definition) is 0. The van der Waals surface area contributed by atoms with Gasteiger partial charge in [0.1, 0.15) is 18.0 Å². The van der Waals surface area contributed by atoms with Crippen LogP contribution in [0.3, 0.4) is 0 Å². The van der Waals surface area contributed by atoms with Crippen LogP contribution in [0.2, 0.25) is 0 Å². The molecule has 0 radical (unpaired) electrons. The van der Waals surface area contributed by atoms with Gasteiger partial charge in [-0.25, -0.2) is 15.0 Å². The van der Waals surface area contributed by atoms with E-state index in [1.165, 1.54) is 0 Å². The fraction of sp³-hybridized carbons (Fsp3) is 0.381. The maximum atomic E-state index is 13.3. The van der Waals surface area contributed by atoms with Crippen molar-refractivity contribution in [1.29, 1.82) is 0 Å². The van der Waals surface area contributed by atoms with Gasteiger partial charge >= 0.3 is 0 Å². The maximum absolute atomic E-state index is 13.3. The summed E-state index contributed by atoms with van der Waals surface area (Å²) in [6, 6.07) is 7.44. The monoisotopic (exact) mass is 405 g/mol. The molecule has 1 aromatic carbocycles. The largest absolute Gasteiger partial charge is 0.383 e. The van der Waals surface area contributed by atoms with Gasteiger partial charge in [-0.15, -0.1) is 0 Å². The number of hydrogen-bond acceptors (Lipinski definition) is 7. The van der Waals surface area contributed by atoms with Crippen molar-refractivity contribution >= 4 is 27.8 Å². The number of rotatable bonds is 5. The molecule has 0 aliphatic carbocycles. The SMILES string of the molecule is COCCn1c(C2CCCN2c2ncnc3nn(C)cc23)nc2ccccc2c1=O. The van der Waals surface area contributed by atoms with E-state index in [1.54, 1.807) is 22.7 Å². The van der Waals surface area contributed by atoms with Gasteiger partial charge < -0.3 is 9.64 Å². The third-order valence-corrected chi connectivity index (χ3v) is 5.64. The molecular formula is C21H23N7O2. The molecule has 0 amide bonds.